The zero-order valence-corrected chi connectivity index (χ0v) is 15.6. The van der Waals surface area contributed by atoms with Gasteiger partial charge in [0, 0.05) is 23.8 Å². The Morgan fingerprint density at radius 2 is 1.86 bits per heavy atom. The number of carboxylic acids is 2. The maximum absolute atomic E-state index is 12.1. The number of rotatable bonds is 11. The molecule has 1 aliphatic carbocycles. The average molecular weight is 421 g/mol. The van der Waals surface area contributed by atoms with Crippen molar-refractivity contribution in [2.75, 3.05) is 12.3 Å². The Hall–Kier alpha value is -2.22. The van der Waals surface area contributed by atoms with Crippen molar-refractivity contribution in [3.63, 3.8) is 0 Å². The van der Waals surface area contributed by atoms with Crippen molar-refractivity contribution in [2.45, 2.75) is 48.8 Å². The van der Waals surface area contributed by atoms with Crippen LogP contribution in [0.2, 0.25) is 0 Å². The van der Waals surface area contributed by atoms with Gasteiger partial charge in [-0.15, -0.1) is 0 Å². The summed E-state index contributed by atoms with van der Waals surface area (Å²) in [5, 5.41) is 40.4. The number of hydrogen-bond acceptors (Lipinski definition) is 9. The van der Waals surface area contributed by atoms with Gasteiger partial charge in [-0.25, -0.2) is 0 Å². The predicted molar refractivity (Wildman–Crippen MR) is 95.3 cm³/mol. The maximum Gasteiger partial charge on any atom is 0.322 e. The van der Waals surface area contributed by atoms with E-state index < -0.39 is 65.6 Å². The van der Waals surface area contributed by atoms with Crippen LogP contribution in [0.3, 0.4) is 0 Å². The molecule has 1 fully saturated rings. The van der Waals surface area contributed by atoms with E-state index in [4.69, 9.17) is 15.9 Å². The summed E-state index contributed by atoms with van der Waals surface area (Å²) in [5.74, 6) is -4.69. The first-order valence-corrected chi connectivity index (χ1v) is 9.35. The number of ketones is 1. The van der Waals surface area contributed by atoms with E-state index in [0.29, 0.717) is 0 Å². The minimum absolute atomic E-state index is 0.107. The van der Waals surface area contributed by atoms with Gasteiger partial charge in [0.25, 0.3) is 0 Å². The summed E-state index contributed by atoms with van der Waals surface area (Å²) in [4.78, 5) is 56.8. The fraction of sp³-hybridized carbons (Fsp3) is 0.667. The summed E-state index contributed by atoms with van der Waals surface area (Å²) in [7, 11) is 0. The van der Waals surface area contributed by atoms with Gasteiger partial charge in [0.05, 0.1) is 6.10 Å². The first-order chi connectivity index (χ1) is 13.0. The molecular formula is C15H23N3O9S. The van der Waals surface area contributed by atoms with Crippen molar-refractivity contribution in [1.82, 2.24) is 10.6 Å². The molecule has 13 heteroatoms. The van der Waals surface area contributed by atoms with Crippen molar-refractivity contribution in [3.8, 4) is 0 Å². The monoisotopic (exact) mass is 421 g/mol. The molecule has 2 amide bonds. The van der Waals surface area contributed by atoms with Crippen LogP contribution in [0.1, 0.15) is 19.3 Å². The van der Waals surface area contributed by atoms with Crippen LogP contribution in [0, 0.1) is 0 Å². The average Bonchev–Trinajstić information content (AvgIpc) is 2.87. The molecule has 0 saturated heterocycles. The largest absolute Gasteiger partial charge is 0.480 e. The second kappa shape index (κ2) is 10.9. The molecule has 3 unspecified atom stereocenters. The standard InChI is InChI=1S/C15H23N3O9S/c16-6(15(26)27)1-2-10(20)18-7(14(25)17-4-11(21)22)5-28-9-3-8(19)12(23)13(9)24/h6-7,9,12-13,23-24H,1-5,16H2,(H,17,25)(H,18,20)(H,21,22)(H,26,27)/t6-,7-,9?,12?,13?/m0/s1. The van der Waals surface area contributed by atoms with Crippen LogP contribution >= 0.6 is 11.8 Å². The van der Waals surface area contributed by atoms with Crippen molar-refractivity contribution in [1.29, 1.82) is 0 Å². The van der Waals surface area contributed by atoms with Gasteiger partial charge in [-0.2, -0.15) is 11.8 Å². The summed E-state index contributed by atoms with van der Waals surface area (Å²) >= 11 is 0.969. The molecule has 0 aliphatic heterocycles. The highest BCUT2D eigenvalue weighted by Gasteiger charge is 2.41. The number of Topliss-reactive ketones (excluding diaryl/α,β-unsaturated/α-hetero) is 1. The Morgan fingerprint density at radius 1 is 1.21 bits per heavy atom. The quantitative estimate of drug-likeness (QED) is 0.175. The van der Waals surface area contributed by atoms with Crippen molar-refractivity contribution >= 4 is 41.3 Å². The second-order valence-corrected chi connectivity index (χ2v) is 7.46. The van der Waals surface area contributed by atoms with Crippen LogP contribution in [0.15, 0.2) is 0 Å². The Kier molecular flexibility index (Phi) is 9.31. The molecule has 0 aromatic carbocycles. The molecule has 0 heterocycles. The lowest BCUT2D eigenvalue weighted by Gasteiger charge is -2.21. The Morgan fingerprint density at radius 3 is 2.36 bits per heavy atom. The number of carbonyl (C=O) groups excluding carboxylic acids is 3. The number of aliphatic carboxylic acids is 2. The Balaban J connectivity index is 2.66. The molecule has 0 aromatic heterocycles. The molecule has 12 nitrogen and oxygen atoms in total. The van der Waals surface area contributed by atoms with Gasteiger partial charge < -0.3 is 36.8 Å². The van der Waals surface area contributed by atoms with Crippen LogP contribution in [-0.4, -0.2) is 91.8 Å². The summed E-state index contributed by atoms with van der Waals surface area (Å²) in [5.41, 5.74) is 5.31. The third-order valence-electron chi connectivity index (χ3n) is 3.98. The van der Waals surface area contributed by atoms with E-state index in [1.807, 2.05) is 0 Å². The van der Waals surface area contributed by atoms with Crippen molar-refractivity contribution < 1.29 is 44.4 Å². The fourth-order valence-corrected chi connectivity index (χ4v) is 3.66. The molecule has 28 heavy (non-hydrogen) atoms. The van der Waals surface area contributed by atoms with Crippen LogP contribution in [-0.2, 0) is 24.0 Å². The number of aliphatic hydroxyl groups is 2. The lowest BCUT2D eigenvalue weighted by atomic mass is 10.1. The van der Waals surface area contributed by atoms with E-state index in [9.17, 15) is 34.2 Å². The number of carboxylic acid groups (broad SMARTS) is 2. The predicted octanol–water partition coefficient (Wildman–Crippen LogP) is -3.34. The lowest BCUT2D eigenvalue weighted by Crippen LogP contribution is -2.50. The summed E-state index contributed by atoms with van der Waals surface area (Å²) in [6.45, 7) is -0.678. The van der Waals surface area contributed by atoms with E-state index in [-0.39, 0.29) is 25.0 Å². The third kappa shape index (κ3) is 7.42. The second-order valence-electron chi connectivity index (χ2n) is 6.19. The van der Waals surface area contributed by atoms with Gasteiger partial charge in [-0.1, -0.05) is 0 Å². The summed E-state index contributed by atoms with van der Waals surface area (Å²) in [6.07, 6.45) is -3.38. The molecule has 1 saturated carbocycles. The van der Waals surface area contributed by atoms with Crippen molar-refractivity contribution in [3.05, 3.63) is 0 Å². The molecule has 0 aromatic rings. The topological polar surface area (TPSA) is 216 Å². The molecule has 5 atom stereocenters. The maximum atomic E-state index is 12.1. The van der Waals surface area contributed by atoms with E-state index in [2.05, 4.69) is 10.6 Å². The summed E-state index contributed by atoms with van der Waals surface area (Å²) < 4.78 is 0. The number of thioether (sulfide) groups is 1. The van der Waals surface area contributed by atoms with Gasteiger partial charge in [-0.3, -0.25) is 24.0 Å². The highest BCUT2D eigenvalue weighted by Crippen LogP contribution is 2.28. The molecule has 158 valence electrons. The minimum Gasteiger partial charge on any atom is -0.480 e. The lowest BCUT2D eigenvalue weighted by molar-refractivity contribution is -0.139. The SMILES string of the molecule is N[C@@H](CCC(=O)N[C@@H](CSC1CC(=O)C(O)C1O)C(=O)NCC(=O)O)C(=O)O. The molecule has 8 N–H and O–H groups in total. The molecule has 0 bridgehead atoms. The van der Waals surface area contributed by atoms with Gasteiger partial charge in [0.15, 0.2) is 5.78 Å². The number of carbonyl (C=O) groups is 5. The van der Waals surface area contributed by atoms with Gasteiger partial charge in [-0.05, 0) is 6.42 Å². The Bertz CT molecular complexity index is 630. The van der Waals surface area contributed by atoms with Crippen LogP contribution in [0.4, 0.5) is 0 Å². The summed E-state index contributed by atoms with van der Waals surface area (Å²) in [6, 6.07) is -2.45. The van der Waals surface area contributed by atoms with E-state index in [0.717, 1.165) is 11.8 Å². The Labute approximate surface area is 163 Å². The van der Waals surface area contributed by atoms with Crippen LogP contribution < -0.4 is 16.4 Å². The van der Waals surface area contributed by atoms with Gasteiger partial charge in [0.1, 0.15) is 24.7 Å². The zero-order valence-electron chi connectivity index (χ0n) is 14.7. The van der Waals surface area contributed by atoms with Crippen LogP contribution in [0.25, 0.3) is 0 Å². The highest BCUT2D eigenvalue weighted by molar-refractivity contribution is 8.00. The molecular weight excluding hydrogens is 398 g/mol. The number of nitrogens with two attached hydrogens (primary N) is 1. The minimum atomic E-state index is -1.51. The zero-order chi connectivity index (χ0) is 21.4. The van der Waals surface area contributed by atoms with Gasteiger partial charge in [0.2, 0.25) is 11.8 Å². The third-order valence-corrected chi connectivity index (χ3v) is 5.38. The van der Waals surface area contributed by atoms with Gasteiger partial charge >= 0.3 is 11.9 Å². The van der Waals surface area contributed by atoms with E-state index in [1.54, 1.807) is 0 Å². The molecule has 0 spiro atoms. The first kappa shape index (κ1) is 23.8. The fourth-order valence-electron chi connectivity index (χ4n) is 2.36. The number of aliphatic hydroxyl groups excluding tert-OH is 2. The number of amides is 2. The first-order valence-electron chi connectivity index (χ1n) is 8.30. The molecule has 0 radical (unpaired) electrons. The normalized spacial score (nSPS) is 23.7. The number of hydrogen-bond donors (Lipinski definition) is 7. The van der Waals surface area contributed by atoms with E-state index >= 15 is 0 Å². The molecule has 1 rings (SSSR count). The molecule has 1 aliphatic rings. The van der Waals surface area contributed by atoms with Crippen molar-refractivity contribution in [2.24, 2.45) is 5.73 Å². The highest BCUT2D eigenvalue weighted by atomic mass is 32.2. The smallest absolute Gasteiger partial charge is 0.322 e. The van der Waals surface area contributed by atoms with E-state index in [1.165, 1.54) is 0 Å². The number of nitrogens with one attached hydrogen (secondary N) is 2. The van der Waals surface area contributed by atoms with Crippen LogP contribution in [0.5, 0.6) is 0 Å².